The van der Waals surface area contributed by atoms with E-state index in [-0.39, 0.29) is 0 Å². The van der Waals surface area contributed by atoms with Crippen LogP contribution in [0, 0.1) is 6.92 Å². The number of benzene rings is 1. The number of para-hydroxylation sites is 1. The third kappa shape index (κ3) is 2.45. The number of hydrogen-bond donors (Lipinski definition) is 1. The molecule has 3 aromatic rings. The summed E-state index contributed by atoms with van der Waals surface area (Å²) >= 11 is 0. The molecule has 3 heteroatoms. The summed E-state index contributed by atoms with van der Waals surface area (Å²) in [6.07, 6.45) is 3.74. The molecule has 0 amide bonds. The number of rotatable bonds is 4. The van der Waals surface area contributed by atoms with Gasteiger partial charge in [0, 0.05) is 29.9 Å². The summed E-state index contributed by atoms with van der Waals surface area (Å²) < 4.78 is 5.98. The Morgan fingerprint density at radius 3 is 2.90 bits per heavy atom. The molecule has 3 nitrogen and oxygen atoms in total. The van der Waals surface area contributed by atoms with Gasteiger partial charge in [-0.25, -0.2) is 0 Å². The Kier molecular flexibility index (Phi) is 3.52. The van der Waals surface area contributed by atoms with E-state index in [4.69, 9.17) is 4.42 Å². The Morgan fingerprint density at radius 1 is 1.20 bits per heavy atom. The van der Waals surface area contributed by atoms with Gasteiger partial charge in [-0.2, -0.15) is 0 Å². The third-order valence-electron chi connectivity index (χ3n) is 3.40. The summed E-state index contributed by atoms with van der Waals surface area (Å²) in [6.45, 7) is 5.94. The fourth-order valence-corrected chi connectivity index (χ4v) is 2.34. The number of aromatic nitrogens is 1. The van der Waals surface area contributed by atoms with Crippen molar-refractivity contribution in [3.63, 3.8) is 0 Å². The summed E-state index contributed by atoms with van der Waals surface area (Å²) in [5.74, 6) is 0.875. The number of pyridine rings is 1. The Labute approximate surface area is 118 Å². The van der Waals surface area contributed by atoms with Gasteiger partial charge in [-0.15, -0.1) is 0 Å². The van der Waals surface area contributed by atoms with E-state index < -0.39 is 0 Å². The van der Waals surface area contributed by atoms with Gasteiger partial charge >= 0.3 is 0 Å². The van der Waals surface area contributed by atoms with Crippen LogP contribution in [0.3, 0.4) is 0 Å². The van der Waals surface area contributed by atoms with Crippen molar-refractivity contribution in [3.05, 3.63) is 53.9 Å². The fourth-order valence-electron chi connectivity index (χ4n) is 2.34. The van der Waals surface area contributed by atoms with Crippen molar-refractivity contribution >= 4 is 11.0 Å². The van der Waals surface area contributed by atoms with Crippen molar-refractivity contribution < 1.29 is 4.42 Å². The summed E-state index contributed by atoms with van der Waals surface area (Å²) in [7, 11) is 0. The zero-order valence-electron chi connectivity index (χ0n) is 11.8. The first-order valence-electron chi connectivity index (χ1n) is 6.92. The highest BCUT2D eigenvalue weighted by Crippen LogP contribution is 2.29. The van der Waals surface area contributed by atoms with Crippen molar-refractivity contribution in [2.45, 2.75) is 20.4 Å². The van der Waals surface area contributed by atoms with Crippen molar-refractivity contribution in [1.29, 1.82) is 0 Å². The molecule has 0 saturated heterocycles. The average molecular weight is 266 g/mol. The maximum Gasteiger partial charge on any atom is 0.137 e. The molecular weight excluding hydrogens is 248 g/mol. The van der Waals surface area contributed by atoms with Gasteiger partial charge in [0.1, 0.15) is 11.3 Å². The average Bonchev–Trinajstić information content (AvgIpc) is 2.91. The molecule has 102 valence electrons. The first-order chi connectivity index (χ1) is 9.78. The van der Waals surface area contributed by atoms with Crippen molar-refractivity contribution in [3.8, 4) is 11.3 Å². The van der Waals surface area contributed by atoms with Gasteiger partial charge in [0.2, 0.25) is 0 Å². The minimum atomic E-state index is 0.830. The topological polar surface area (TPSA) is 38.1 Å². The number of hydrogen-bond acceptors (Lipinski definition) is 3. The van der Waals surface area contributed by atoms with E-state index >= 15 is 0 Å². The molecule has 20 heavy (non-hydrogen) atoms. The quantitative estimate of drug-likeness (QED) is 0.778. The highest BCUT2D eigenvalue weighted by atomic mass is 16.3. The normalized spacial score (nSPS) is 11.1. The van der Waals surface area contributed by atoms with Crippen LogP contribution < -0.4 is 5.32 Å². The highest BCUT2D eigenvalue weighted by molar-refractivity contribution is 5.85. The van der Waals surface area contributed by atoms with E-state index in [0.717, 1.165) is 40.9 Å². The van der Waals surface area contributed by atoms with E-state index in [1.54, 1.807) is 0 Å². The van der Waals surface area contributed by atoms with Crippen molar-refractivity contribution in [2.24, 2.45) is 0 Å². The summed E-state index contributed by atoms with van der Waals surface area (Å²) in [6, 6.07) is 10.4. The van der Waals surface area contributed by atoms with Gasteiger partial charge in [0.25, 0.3) is 0 Å². The van der Waals surface area contributed by atoms with Crippen LogP contribution in [0.25, 0.3) is 22.3 Å². The van der Waals surface area contributed by atoms with Crippen LogP contribution in [0.15, 0.2) is 47.1 Å². The Balaban J connectivity index is 2.00. The maximum atomic E-state index is 5.98. The molecule has 0 saturated carbocycles. The van der Waals surface area contributed by atoms with Gasteiger partial charge in [0.15, 0.2) is 0 Å². The molecule has 0 radical (unpaired) electrons. The minimum Gasteiger partial charge on any atom is -0.456 e. The van der Waals surface area contributed by atoms with Gasteiger partial charge < -0.3 is 9.73 Å². The Bertz CT molecular complexity index is 731. The van der Waals surface area contributed by atoms with E-state index in [2.05, 4.69) is 54.5 Å². The van der Waals surface area contributed by atoms with Crippen LogP contribution in [-0.2, 0) is 6.54 Å². The SMILES string of the molecule is CCNCc1cncc(-c2cc3cccc(C)c3o2)c1. The molecule has 0 aliphatic carbocycles. The Morgan fingerprint density at radius 2 is 2.10 bits per heavy atom. The Hall–Kier alpha value is -2.13. The molecule has 0 atom stereocenters. The van der Waals surface area contributed by atoms with Gasteiger partial charge in [-0.05, 0) is 36.7 Å². The second-order valence-electron chi connectivity index (χ2n) is 4.97. The summed E-state index contributed by atoms with van der Waals surface area (Å²) in [5, 5.41) is 4.44. The van der Waals surface area contributed by atoms with Crippen LogP contribution >= 0.6 is 0 Å². The molecule has 1 aromatic carbocycles. The lowest BCUT2D eigenvalue weighted by molar-refractivity contribution is 0.628. The molecule has 0 bridgehead atoms. The first-order valence-corrected chi connectivity index (χ1v) is 6.92. The largest absolute Gasteiger partial charge is 0.456 e. The van der Waals surface area contributed by atoms with E-state index in [9.17, 15) is 0 Å². The van der Waals surface area contributed by atoms with E-state index in [1.807, 2.05) is 12.4 Å². The second kappa shape index (κ2) is 5.47. The number of fused-ring (bicyclic) bond motifs is 1. The monoisotopic (exact) mass is 266 g/mol. The summed E-state index contributed by atoms with van der Waals surface area (Å²) in [5.41, 5.74) is 4.31. The summed E-state index contributed by atoms with van der Waals surface area (Å²) in [4.78, 5) is 4.31. The van der Waals surface area contributed by atoms with Crippen LogP contribution in [0.4, 0.5) is 0 Å². The predicted molar refractivity (Wildman–Crippen MR) is 81.6 cm³/mol. The molecule has 0 spiro atoms. The minimum absolute atomic E-state index is 0.830. The van der Waals surface area contributed by atoms with Crippen molar-refractivity contribution in [2.75, 3.05) is 6.54 Å². The number of nitrogens with one attached hydrogen (secondary N) is 1. The van der Waals surface area contributed by atoms with Crippen LogP contribution in [0.1, 0.15) is 18.1 Å². The fraction of sp³-hybridized carbons (Fsp3) is 0.235. The third-order valence-corrected chi connectivity index (χ3v) is 3.40. The molecule has 0 aliphatic heterocycles. The zero-order chi connectivity index (χ0) is 13.9. The number of aryl methyl sites for hydroxylation is 1. The van der Waals surface area contributed by atoms with Crippen molar-refractivity contribution in [1.82, 2.24) is 10.3 Å². The first kappa shape index (κ1) is 12.9. The molecule has 0 aliphatic rings. The molecule has 1 N–H and O–H groups in total. The van der Waals surface area contributed by atoms with E-state index in [1.165, 1.54) is 5.56 Å². The lowest BCUT2D eigenvalue weighted by Crippen LogP contribution is -2.11. The standard InChI is InChI=1S/C17H18N2O/c1-3-18-9-13-7-15(11-19-10-13)16-8-14-6-4-5-12(2)17(14)20-16/h4-8,10-11,18H,3,9H2,1-2H3. The zero-order valence-corrected chi connectivity index (χ0v) is 11.8. The molecular formula is C17H18N2O. The van der Waals surface area contributed by atoms with Gasteiger partial charge in [-0.3, -0.25) is 4.98 Å². The second-order valence-corrected chi connectivity index (χ2v) is 4.97. The lowest BCUT2D eigenvalue weighted by Gasteiger charge is -2.03. The molecule has 2 heterocycles. The predicted octanol–water partition coefficient (Wildman–Crippen LogP) is 3.91. The van der Waals surface area contributed by atoms with Crippen LogP contribution in [0.2, 0.25) is 0 Å². The van der Waals surface area contributed by atoms with E-state index in [0.29, 0.717) is 0 Å². The number of furan rings is 1. The highest BCUT2D eigenvalue weighted by Gasteiger charge is 2.08. The van der Waals surface area contributed by atoms with Crippen LogP contribution in [0.5, 0.6) is 0 Å². The molecule has 0 fully saturated rings. The van der Waals surface area contributed by atoms with Crippen LogP contribution in [-0.4, -0.2) is 11.5 Å². The van der Waals surface area contributed by atoms with Gasteiger partial charge in [-0.1, -0.05) is 25.1 Å². The number of nitrogens with zero attached hydrogens (tertiary/aromatic N) is 1. The molecule has 0 unspecified atom stereocenters. The maximum absolute atomic E-state index is 5.98. The molecule has 2 aromatic heterocycles. The smallest absolute Gasteiger partial charge is 0.137 e. The molecule has 3 rings (SSSR count). The lowest BCUT2D eigenvalue weighted by atomic mass is 10.1. The van der Waals surface area contributed by atoms with Gasteiger partial charge in [0.05, 0.1) is 0 Å².